The largest absolute Gasteiger partial charge is 0.478 e. The van der Waals surface area contributed by atoms with Crippen LogP contribution in [0.5, 0.6) is 0 Å². The number of aromatic carboxylic acids is 1. The highest BCUT2D eigenvalue weighted by molar-refractivity contribution is 8.14. The van der Waals surface area contributed by atoms with Gasteiger partial charge in [0.15, 0.2) is 0 Å². The summed E-state index contributed by atoms with van der Waals surface area (Å²) in [5, 5.41) is 11.7. The third kappa shape index (κ3) is 2.49. The van der Waals surface area contributed by atoms with E-state index in [-0.39, 0.29) is 16.7 Å². The summed E-state index contributed by atoms with van der Waals surface area (Å²) in [6, 6.07) is 4.45. The van der Waals surface area contributed by atoms with Gasteiger partial charge in [-0.1, -0.05) is 17.8 Å². The van der Waals surface area contributed by atoms with Crippen LogP contribution in [0.15, 0.2) is 18.2 Å². The van der Waals surface area contributed by atoms with Crippen molar-refractivity contribution in [2.75, 3.05) is 17.2 Å². The lowest BCUT2D eigenvalue weighted by Crippen LogP contribution is -2.47. The molecule has 2 aliphatic heterocycles. The number of rotatable bonds is 2. The number of hydrogen-bond acceptors (Lipinski definition) is 4. The fourth-order valence-electron chi connectivity index (χ4n) is 2.76. The number of nitrogens with zero attached hydrogens (tertiary/aromatic N) is 1. The van der Waals surface area contributed by atoms with Crippen LogP contribution < -0.4 is 10.2 Å². The number of carbonyl (C=O) groups excluding carboxylic acids is 2. The lowest BCUT2D eigenvalue weighted by atomic mass is 9.96. The molecule has 1 aromatic carbocycles. The molecule has 110 valence electrons. The highest BCUT2D eigenvalue weighted by atomic mass is 32.2. The van der Waals surface area contributed by atoms with Gasteiger partial charge < -0.3 is 15.3 Å². The highest BCUT2D eigenvalue weighted by Crippen LogP contribution is 2.31. The van der Waals surface area contributed by atoms with E-state index in [1.54, 1.807) is 23.1 Å². The molecule has 2 aliphatic rings. The van der Waals surface area contributed by atoms with E-state index in [4.69, 9.17) is 0 Å². The fraction of sp³-hybridized carbons (Fsp3) is 0.357. The summed E-state index contributed by atoms with van der Waals surface area (Å²) in [5.41, 5.74) is 1.59. The summed E-state index contributed by atoms with van der Waals surface area (Å²) in [4.78, 5) is 36.7. The van der Waals surface area contributed by atoms with E-state index in [0.29, 0.717) is 30.0 Å². The van der Waals surface area contributed by atoms with Crippen LogP contribution in [0, 0.1) is 0 Å². The van der Waals surface area contributed by atoms with E-state index in [9.17, 15) is 19.5 Å². The Morgan fingerprint density at radius 2 is 2.19 bits per heavy atom. The maximum absolute atomic E-state index is 12.5. The van der Waals surface area contributed by atoms with Crippen LogP contribution >= 0.6 is 11.8 Å². The van der Waals surface area contributed by atoms with Gasteiger partial charge in [0.2, 0.25) is 5.91 Å². The smallest absolute Gasteiger partial charge is 0.336 e. The Hall–Kier alpha value is -2.02. The molecule has 21 heavy (non-hydrogen) atoms. The van der Waals surface area contributed by atoms with E-state index in [1.165, 1.54) is 0 Å². The Morgan fingerprint density at radius 3 is 2.86 bits per heavy atom. The summed E-state index contributed by atoms with van der Waals surface area (Å²) in [6.07, 6.45) is 1.37. The predicted molar refractivity (Wildman–Crippen MR) is 78.9 cm³/mol. The van der Waals surface area contributed by atoms with Crippen molar-refractivity contribution in [2.24, 2.45) is 0 Å². The van der Waals surface area contributed by atoms with E-state index in [1.807, 2.05) is 0 Å². The van der Waals surface area contributed by atoms with Gasteiger partial charge >= 0.3 is 5.97 Å². The van der Waals surface area contributed by atoms with Gasteiger partial charge in [0.05, 0.1) is 5.56 Å². The topological polar surface area (TPSA) is 86.7 Å². The van der Waals surface area contributed by atoms with Crippen LogP contribution in [0.25, 0.3) is 0 Å². The first-order valence-corrected chi connectivity index (χ1v) is 7.66. The van der Waals surface area contributed by atoms with Crippen molar-refractivity contribution in [2.45, 2.75) is 18.9 Å². The van der Waals surface area contributed by atoms with Crippen LogP contribution in [-0.4, -0.2) is 40.6 Å². The Balaban J connectivity index is 1.94. The molecule has 2 N–H and O–H groups in total. The summed E-state index contributed by atoms with van der Waals surface area (Å²) >= 11 is 1.10. The number of carboxylic acid groups (broad SMARTS) is 1. The molecule has 1 aromatic rings. The number of fused-ring (bicyclic) bond motifs is 1. The molecule has 0 aliphatic carbocycles. The third-order valence-corrected chi connectivity index (χ3v) is 4.60. The zero-order chi connectivity index (χ0) is 15.0. The Morgan fingerprint density at radius 1 is 1.38 bits per heavy atom. The van der Waals surface area contributed by atoms with E-state index in [2.05, 4.69) is 5.32 Å². The molecular formula is C14H14N2O4S. The summed E-state index contributed by atoms with van der Waals surface area (Å²) in [6.45, 7) is 0.548. The number of benzene rings is 1. The lowest BCUT2D eigenvalue weighted by Gasteiger charge is -2.31. The van der Waals surface area contributed by atoms with Crippen molar-refractivity contribution in [3.63, 3.8) is 0 Å². The van der Waals surface area contributed by atoms with Crippen molar-refractivity contribution >= 4 is 34.6 Å². The first-order chi connectivity index (χ1) is 10.1. The number of hydrogen-bond donors (Lipinski definition) is 2. The molecule has 7 heteroatoms. The van der Waals surface area contributed by atoms with Crippen LogP contribution in [0.3, 0.4) is 0 Å². The number of nitrogens with one attached hydrogen (secondary N) is 1. The van der Waals surface area contributed by atoms with Gasteiger partial charge in [-0.3, -0.25) is 9.59 Å². The summed E-state index contributed by atoms with van der Waals surface area (Å²) in [5.74, 6) is -0.731. The Labute approximate surface area is 125 Å². The molecule has 2 heterocycles. The molecule has 1 fully saturated rings. The van der Waals surface area contributed by atoms with E-state index in [0.717, 1.165) is 18.2 Å². The minimum absolute atomic E-state index is 0.170. The monoisotopic (exact) mass is 306 g/mol. The van der Waals surface area contributed by atoms with Gasteiger partial charge in [0, 0.05) is 18.0 Å². The van der Waals surface area contributed by atoms with Gasteiger partial charge in [-0.2, -0.15) is 0 Å². The molecule has 2 amide bonds. The molecule has 0 aromatic heterocycles. The average Bonchev–Trinajstić information content (AvgIpc) is 2.91. The van der Waals surface area contributed by atoms with Gasteiger partial charge in [0.25, 0.3) is 5.24 Å². The number of carbonyl (C=O) groups is 3. The second-order valence-electron chi connectivity index (χ2n) is 5.00. The van der Waals surface area contributed by atoms with Crippen LogP contribution in [-0.2, 0) is 11.2 Å². The van der Waals surface area contributed by atoms with Gasteiger partial charge in [0.1, 0.15) is 6.04 Å². The molecule has 0 bridgehead atoms. The predicted octanol–water partition coefficient (Wildman–Crippen LogP) is 1.49. The van der Waals surface area contributed by atoms with Crippen LogP contribution in [0.1, 0.15) is 22.3 Å². The molecule has 1 saturated heterocycles. The zero-order valence-corrected chi connectivity index (χ0v) is 12.0. The second kappa shape index (κ2) is 5.40. The van der Waals surface area contributed by atoms with Crippen molar-refractivity contribution < 1.29 is 19.5 Å². The van der Waals surface area contributed by atoms with Crippen molar-refractivity contribution in [3.8, 4) is 0 Å². The molecule has 6 nitrogen and oxygen atoms in total. The van der Waals surface area contributed by atoms with E-state index >= 15 is 0 Å². The third-order valence-electron chi connectivity index (χ3n) is 3.72. The van der Waals surface area contributed by atoms with Crippen molar-refractivity contribution in [1.29, 1.82) is 0 Å². The van der Waals surface area contributed by atoms with Gasteiger partial charge in [-0.15, -0.1) is 0 Å². The molecule has 1 unspecified atom stereocenters. The molecular weight excluding hydrogens is 292 g/mol. The van der Waals surface area contributed by atoms with Crippen molar-refractivity contribution in [1.82, 2.24) is 5.32 Å². The summed E-state index contributed by atoms with van der Waals surface area (Å²) in [7, 11) is 0. The van der Waals surface area contributed by atoms with Gasteiger partial charge in [-0.05, 0) is 30.5 Å². The zero-order valence-electron chi connectivity index (χ0n) is 11.2. The normalized spacial score (nSPS) is 20.9. The quantitative estimate of drug-likeness (QED) is 0.864. The van der Waals surface area contributed by atoms with Crippen molar-refractivity contribution in [3.05, 3.63) is 29.3 Å². The first-order valence-electron chi connectivity index (χ1n) is 6.68. The number of carboxylic acids is 1. The van der Waals surface area contributed by atoms with Gasteiger partial charge in [-0.25, -0.2) is 4.79 Å². The molecule has 1 atom stereocenters. The second-order valence-corrected chi connectivity index (χ2v) is 5.99. The van der Waals surface area contributed by atoms with Crippen LogP contribution in [0.2, 0.25) is 0 Å². The number of anilines is 1. The Bertz CT molecular complexity index is 631. The molecule has 0 spiro atoms. The standard InChI is InChI=1S/C14H14N2O4S/c17-12(10-7-21-14(20)15-10)16-6-2-4-8-9(13(18)19)3-1-5-11(8)16/h1,3,5,10H,2,4,6-7H2,(H,15,20)(H,18,19). The first kappa shape index (κ1) is 13.9. The number of thioether (sulfide) groups is 1. The SMILES string of the molecule is O=C1NC(C(=O)N2CCCc3c(C(=O)O)cccc32)CS1. The Kier molecular flexibility index (Phi) is 3.59. The minimum Gasteiger partial charge on any atom is -0.478 e. The fourth-order valence-corrected chi connectivity index (χ4v) is 3.53. The number of amides is 2. The minimum atomic E-state index is -0.981. The maximum atomic E-state index is 12.5. The molecule has 0 saturated carbocycles. The van der Waals surface area contributed by atoms with Crippen LogP contribution in [0.4, 0.5) is 10.5 Å². The summed E-state index contributed by atoms with van der Waals surface area (Å²) < 4.78 is 0. The molecule has 3 rings (SSSR count). The molecule has 0 radical (unpaired) electrons. The average molecular weight is 306 g/mol. The highest BCUT2D eigenvalue weighted by Gasteiger charge is 2.34. The lowest BCUT2D eigenvalue weighted by molar-refractivity contribution is -0.119. The maximum Gasteiger partial charge on any atom is 0.336 e. The van der Waals surface area contributed by atoms with E-state index < -0.39 is 12.0 Å².